The molecule has 0 spiro atoms. The maximum Gasteiger partial charge on any atom is 0.306 e. The molecule has 0 heterocycles. The average Bonchev–Trinajstić information content (AvgIpc) is 3.18. The number of nitrogens with zero attached hydrogens (tertiary/aromatic N) is 1. The summed E-state index contributed by atoms with van der Waals surface area (Å²) < 4.78 is 33.7. The number of esters is 2. The lowest BCUT2D eigenvalue weighted by atomic mass is 10.1. The van der Waals surface area contributed by atoms with Crippen LogP contribution in [0.2, 0.25) is 0 Å². The largest absolute Gasteiger partial charge is 0.756 e. The number of hydrogen-bond acceptors (Lipinski definition) is 9. The fraction of sp³-hybridized carbons (Fsp3) is 0.583. The van der Waals surface area contributed by atoms with E-state index in [4.69, 9.17) is 18.5 Å². The smallest absolute Gasteiger partial charge is 0.306 e. The minimum absolute atomic E-state index is 0.0618. The van der Waals surface area contributed by atoms with Crippen LogP contribution in [0, 0.1) is 0 Å². The Labute approximate surface area is 358 Å². The van der Waals surface area contributed by atoms with Gasteiger partial charge >= 0.3 is 11.9 Å². The normalized spacial score (nSPS) is 15.2. The number of phosphoric ester groups is 1. The van der Waals surface area contributed by atoms with E-state index in [-0.39, 0.29) is 26.1 Å². The van der Waals surface area contributed by atoms with Crippen molar-refractivity contribution in [1.82, 2.24) is 0 Å². The first-order chi connectivity index (χ1) is 28.4. The van der Waals surface area contributed by atoms with Gasteiger partial charge in [0.25, 0.3) is 7.82 Å². The van der Waals surface area contributed by atoms with E-state index in [1.807, 2.05) is 63.7 Å². The van der Waals surface area contributed by atoms with Crippen molar-refractivity contribution in [1.29, 1.82) is 0 Å². The zero-order valence-electron chi connectivity index (χ0n) is 37.0. The number of carbonyl (C=O) groups is 2. The van der Waals surface area contributed by atoms with Gasteiger partial charge in [-0.25, -0.2) is 0 Å². The van der Waals surface area contributed by atoms with Gasteiger partial charge in [-0.2, -0.15) is 0 Å². The van der Waals surface area contributed by atoms with E-state index in [0.717, 1.165) is 70.6 Å². The zero-order chi connectivity index (χ0) is 43.7. The number of aliphatic hydroxyl groups excluding tert-OH is 1. The van der Waals surface area contributed by atoms with E-state index >= 15 is 0 Å². The number of hydrogen-bond donors (Lipinski definition) is 1. The number of ether oxygens (including phenoxy) is 2. The third kappa shape index (κ3) is 42.6. The monoisotopic (exact) mass is 844 g/mol. The summed E-state index contributed by atoms with van der Waals surface area (Å²) >= 11 is 0. The molecule has 0 aliphatic heterocycles. The first-order valence-corrected chi connectivity index (χ1v) is 23.2. The van der Waals surface area contributed by atoms with Crippen LogP contribution in [0.1, 0.15) is 123 Å². The van der Waals surface area contributed by atoms with Crippen LogP contribution in [0.5, 0.6) is 0 Å². The molecule has 0 radical (unpaired) electrons. The Kier molecular flexibility index (Phi) is 36.6. The van der Waals surface area contributed by atoms with Crippen molar-refractivity contribution < 1.29 is 47.2 Å². The molecule has 10 nitrogen and oxygen atoms in total. The molecular weight excluding hydrogens is 766 g/mol. The summed E-state index contributed by atoms with van der Waals surface area (Å²) in [6.07, 6.45) is 48.7. The van der Waals surface area contributed by atoms with Crippen molar-refractivity contribution in [2.24, 2.45) is 0 Å². The van der Waals surface area contributed by atoms with E-state index in [9.17, 15) is 24.2 Å². The van der Waals surface area contributed by atoms with Crippen LogP contribution in [0.25, 0.3) is 0 Å². The Morgan fingerprint density at radius 2 is 1.15 bits per heavy atom. The standard InChI is InChI=1S/C48H78NO9P/c1-6-8-10-12-14-15-16-17-18-19-20-21-22-23-28-32-36-40-48(52)58-46(44-57-59(53,54)56-42-41-49(3,4)5)43-55-47(51)39-35-31-27-25-24-26-30-34-38-45(50)37-33-29-13-11-9-7-2/h8-11,14-15,17-18,20-21,25-27,29-30,33-34,38,45-46,50H,6-7,12-13,16,19,22-24,28,31-32,35-37,39-44H2,1-5H3/b10-8-,11-9-,15-14-,18-17-,21-20-,27-25-,30-26-,33-29-,38-34+/t45?,46-/m1/s1. The second kappa shape index (κ2) is 38.8. The van der Waals surface area contributed by atoms with Gasteiger partial charge in [0.1, 0.15) is 19.8 Å². The highest BCUT2D eigenvalue weighted by molar-refractivity contribution is 7.45. The third-order valence-electron chi connectivity index (χ3n) is 8.37. The van der Waals surface area contributed by atoms with Crippen LogP contribution in [-0.4, -0.2) is 81.2 Å². The van der Waals surface area contributed by atoms with Crippen LogP contribution in [0.3, 0.4) is 0 Å². The lowest BCUT2D eigenvalue weighted by molar-refractivity contribution is -0.870. The van der Waals surface area contributed by atoms with E-state index < -0.39 is 38.6 Å². The molecule has 0 aromatic rings. The molecule has 0 amide bonds. The first kappa shape index (κ1) is 55.6. The highest BCUT2D eigenvalue weighted by Gasteiger charge is 2.21. The molecule has 0 saturated heterocycles. The van der Waals surface area contributed by atoms with Crippen molar-refractivity contribution >= 4 is 19.8 Å². The van der Waals surface area contributed by atoms with Crippen molar-refractivity contribution in [2.45, 2.75) is 135 Å². The van der Waals surface area contributed by atoms with Gasteiger partial charge in [-0.15, -0.1) is 0 Å². The molecule has 0 aliphatic rings. The summed E-state index contributed by atoms with van der Waals surface area (Å²) in [6.45, 7) is 3.77. The summed E-state index contributed by atoms with van der Waals surface area (Å²) in [5.74, 6) is -0.984. The van der Waals surface area contributed by atoms with Crippen LogP contribution >= 0.6 is 7.82 Å². The van der Waals surface area contributed by atoms with Gasteiger partial charge in [0.15, 0.2) is 6.10 Å². The zero-order valence-corrected chi connectivity index (χ0v) is 37.9. The molecule has 1 N–H and O–H groups in total. The van der Waals surface area contributed by atoms with Crippen LogP contribution in [0.15, 0.2) is 109 Å². The van der Waals surface area contributed by atoms with Gasteiger partial charge < -0.3 is 33.0 Å². The summed E-state index contributed by atoms with van der Waals surface area (Å²) in [7, 11) is 1.06. The molecule has 0 aromatic heterocycles. The highest BCUT2D eigenvalue weighted by atomic mass is 31.2. The van der Waals surface area contributed by atoms with E-state index in [1.165, 1.54) is 0 Å². The van der Waals surface area contributed by atoms with Crippen LogP contribution < -0.4 is 4.89 Å². The summed E-state index contributed by atoms with van der Waals surface area (Å²) in [4.78, 5) is 37.5. The second-order valence-electron chi connectivity index (χ2n) is 15.1. The number of allylic oxidation sites excluding steroid dienone is 16. The molecule has 2 unspecified atom stereocenters. The molecule has 0 aliphatic carbocycles. The Hall–Kier alpha value is -3.37. The van der Waals surface area contributed by atoms with Gasteiger partial charge in [-0.1, -0.05) is 136 Å². The van der Waals surface area contributed by atoms with Gasteiger partial charge in [0.2, 0.25) is 0 Å². The van der Waals surface area contributed by atoms with E-state index in [1.54, 1.807) is 6.08 Å². The Balaban J connectivity index is 4.60. The molecule has 0 saturated carbocycles. The van der Waals surface area contributed by atoms with Crippen molar-refractivity contribution in [3.8, 4) is 0 Å². The molecule has 59 heavy (non-hydrogen) atoms. The van der Waals surface area contributed by atoms with Gasteiger partial charge in [0, 0.05) is 12.8 Å². The van der Waals surface area contributed by atoms with Crippen molar-refractivity contribution in [3.63, 3.8) is 0 Å². The average molecular weight is 844 g/mol. The molecule has 0 rings (SSSR count). The van der Waals surface area contributed by atoms with Gasteiger partial charge in [0.05, 0.1) is 33.9 Å². The molecule has 3 atom stereocenters. The summed E-state index contributed by atoms with van der Waals surface area (Å²) in [5.41, 5.74) is 0. The number of unbranched alkanes of at least 4 members (excludes halogenated alkanes) is 5. The van der Waals surface area contributed by atoms with Crippen molar-refractivity contribution in [2.75, 3.05) is 47.5 Å². The van der Waals surface area contributed by atoms with E-state index in [2.05, 4.69) is 74.6 Å². The number of aliphatic hydroxyl groups is 1. The Morgan fingerprint density at radius 1 is 0.627 bits per heavy atom. The number of phosphoric acid groups is 1. The number of likely N-dealkylation sites (N-methyl/N-ethyl adjacent to an activating group) is 1. The number of carbonyl (C=O) groups excluding carboxylic acids is 2. The fourth-order valence-corrected chi connectivity index (χ4v) is 5.73. The predicted octanol–water partition coefficient (Wildman–Crippen LogP) is 10.7. The molecule has 0 bridgehead atoms. The SMILES string of the molecule is CC/C=C\C/C=C\C/C=C\C/C=C\CCCCCCC(=O)O[C@H](COC(=O)CCC/C=C\C/C=C\C=C\C(O)C/C=C\C/C=C\CC)COP(=O)([O-])OCC[N+](C)(C)C. The maximum absolute atomic E-state index is 12.7. The third-order valence-corrected chi connectivity index (χ3v) is 9.33. The molecular formula is C48H78NO9P. The predicted molar refractivity (Wildman–Crippen MR) is 241 cm³/mol. The molecule has 0 aromatic carbocycles. The first-order valence-electron chi connectivity index (χ1n) is 21.7. The Bertz CT molecular complexity index is 1380. The van der Waals surface area contributed by atoms with E-state index in [0.29, 0.717) is 36.7 Å². The maximum atomic E-state index is 12.7. The van der Waals surface area contributed by atoms with Gasteiger partial charge in [-0.3, -0.25) is 14.2 Å². The highest BCUT2D eigenvalue weighted by Crippen LogP contribution is 2.38. The fourth-order valence-electron chi connectivity index (χ4n) is 5.00. The lowest BCUT2D eigenvalue weighted by Gasteiger charge is -2.28. The van der Waals surface area contributed by atoms with Crippen LogP contribution in [-0.2, 0) is 32.7 Å². The molecule has 11 heteroatoms. The second-order valence-corrected chi connectivity index (χ2v) is 16.6. The summed E-state index contributed by atoms with van der Waals surface area (Å²) in [6, 6.07) is 0. The summed E-state index contributed by atoms with van der Waals surface area (Å²) in [5, 5.41) is 10.0. The lowest BCUT2D eigenvalue weighted by Crippen LogP contribution is -2.37. The minimum atomic E-state index is -4.67. The number of quaternary nitrogens is 1. The Morgan fingerprint density at radius 3 is 1.76 bits per heavy atom. The van der Waals surface area contributed by atoms with Gasteiger partial charge in [-0.05, 0) is 83.5 Å². The molecule has 334 valence electrons. The minimum Gasteiger partial charge on any atom is -0.756 e. The molecule has 0 fully saturated rings. The van der Waals surface area contributed by atoms with Crippen molar-refractivity contribution in [3.05, 3.63) is 109 Å². The van der Waals surface area contributed by atoms with Crippen LogP contribution in [0.4, 0.5) is 0 Å². The topological polar surface area (TPSA) is 131 Å². The quantitative estimate of drug-likeness (QED) is 0.0162. The number of rotatable bonds is 37.